The molecule has 0 unspecified atom stereocenters. The van der Waals surface area contributed by atoms with E-state index in [1.807, 2.05) is 0 Å². The van der Waals surface area contributed by atoms with Crippen molar-refractivity contribution in [3.63, 3.8) is 0 Å². The lowest BCUT2D eigenvalue weighted by Crippen LogP contribution is -2.09. The Morgan fingerprint density at radius 3 is 2.12 bits per heavy atom. The lowest BCUT2D eigenvalue weighted by molar-refractivity contribution is 1.19. The van der Waals surface area contributed by atoms with Crippen molar-refractivity contribution in [3.8, 4) is 0 Å². The normalized spacial score (nSPS) is 10.4. The molecule has 2 rings (SSSR count). The van der Waals surface area contributed by atoms with Crippen LogP contribution in [0.4, 0.5) is 11.4 Å². The Labute approximate surface area is 104 Å². The molecule has 0 aromatic heterocycles. The fourth-order valence-electron chi connectivity index (χ4n) is 1.92. The Kier molecular flexibility index (Phi) is 3.19. The molecule has 17 heavy (non-hydrogen) atoms. The summed E-state index contributed by atoms with van der Waals surface area (Å²) in [5, 5.41) is 0. The molecule has 0 aliphatic carbocycles. The summed E-state index contributed by atoms with van der Waals surface area (Å²) in [5.74, 6) is 0. The Morgan fingerprint density at radius 1 is 0.765 bits per heavy atom. The first kappa shape index (κ1) is 11.7. The van der Waals surface area contributed by atoms with Gasteiger partial charge < -0.3 is 4.90 Å². The number of hydrogen-bond acceptors (Lipinski definition) is 1. The molecule has 0 aliphatic heterocycles. The van der Waals surface area contributed by atoms with E-state index in [-0.39, 0.29) is 0 Å². The molecule has 0 heterocycles. The van der Waals surface area contributed by atoms with Gasteiger partial charge in [0.05, 0.1) is 0 Å². The quantitative estimate of drug-likeness (QED) is 0.733. The van der Waals surface area contributed by atoms with E-state index in [2.05, 4.69) is 75.2 Å². The van der Waals surface area contributed by atoms with Crippen LogP contribution in [0.15, 0.2) is 42.5 Å². The zero-order valence-electron chi connectivity index (χ0n) is 11.0. The largest absolute Gasteiger partial charge is 0.345 e. The molecule has 1 heteroatoms. The average Bonchev–Trinajstić information content (AvgIpc) is 2.32. The maximum Gasteiger partial charge on any atom is 0.0410 e. The van der Waals surface area contributed by atoms with E-state index in [0.717, 1.165) is 0 Å². The van der Waals surface area contributed by atoms with Crippen molar-refractivity contribution in [1.29, 1.82) is 0 Å². The highest BCUT2D eigenvalue weighted by Gasteiger charge is 2.04. The van der Waals surface area contributed by atoms with Crippen molar-refractivity contribution in [2.75, 3.05) is 11.9 Å². The van der Waals surface area contributed by atoms with Crippen LogP contribution in [0.5, 0.6) is 0 Å². The average molecular weight is 225 g/mol. The standard InChI is InChI=1S/C16H19N/c1-12-6-5-7-15(10-12)17(4)16-9-8-13(2)14(3)11-16/h5-11H,1-4H3. The van der Waals surface area contributed by atoms with E-state index in [1.165, 1.54) is 28.1 Å². The molecular formula is C16H19N. The van der Waals surface area contributed by atoms with Crippen molar-refractivity contribution in [2.24, 2.45) is 0 Å². The highest BCUT2D eigenvalue weighted by atomic mass is 15.1. The first-order valence-electron chi connectivity index (χ1n) is 5.95. The van der Waals surface area contributed by atoms with Crippen LogP contribution in [0.2, 0.25) is 0 Å². The third kappa shape index (κ3) is 2.50. The molecule has 0 amide bonds. The van der Waals surface area contributed by atoms with Gasteiger partial charge in [-0.1, -0.05) is 18.2 Å². The number of nitrogens with zero attached hydrogens (tertiary/aromatic N) is 1. The molecule has 0 fully saturated rings. The van der Waals surface area contributed by atoms with Crippen molar-refractivity contribution >= 4 is 11.4 Å². The second-order valence-electron chi connectivity index (χ2n) is 4.67. The smallest absolute Gasteiger partial charge is 0.0410 e. The summed E-state index contributed by atoms with van der Waals surface area (Å²) in [5.41, 5.74) is 6.43. The van der Waals surface area contributed by atoms with Crippen molar-refractivity contribution in [2.45, 2.75) is 20.8 Å². The second-order valence-corrected chi connectivity index (χ2v) is 4.67. The van der Waals surface area contributed by atoms with Gasteiger partial charge in [-0.15, -0.1) is 0 Å². The molecule has 0 spiro atoms. The van der Waals surface area contributed by atoms with Gasteiger partial charge in [0.1, 0.15) is 0 Å². The van der Waals surface area contributed by atoms with Gasteiger partial charge in [-0.3, -0.25) is 0 Å². The molecule has 0 saturated heterocycles. The SMILES string of the molecule is Cc1cccc(N(C)c2ccc(C)c(C)c2)c1. The van der Waals surface area contributed by atoms with E-state index in [1.54, 1.807) is 0 Å². The fraction of sp³-hybridized carbons (Fsp3) is 0.250. The zero-order valence-corrected chi connectivity index (χ0v) is 11.0. The van der Waals surface area contributed by atoms with Crippen LogP contribution < -0.4 is 4.90 Å². The zero-order chi connectivity index (χ0) is 12.4. The minimum atomic E-state index is 1.23. The lowest BCUT2D eigenvalue weighted by atomic mass is 10.1. The third-order valence-electron chi connectivity index (χ3n) is 3.27. The summed E-state index contributed by atoms with van der Waals surface area (Å²) in [6, 6.07) is 15.1. The van der Waals surface area contributed by atoms with Gasteiger partial charge in [0, 0.05) is 18.4 Å². The number of rotatable bonds is 2. The molecule has 0 bridgehead atoms. The molecule has 1 nitrogen and oxygen atoms in total. The van der Waals surface area contributed by atoms with Gasteiger partial charge >= 0.3 is 0 Å². The van der Waals surface area contributed by atoms with E-state index in [0.29, 0.717) is 0 Å². The number of aryl methyl sites for hydroxylation is 3. The highest BCUT2D eigenvalue weighted by Crippen LogP contribution is 2.25. The maximum atomic E-state index is 2.23. The Morgan fingerprint density at radius 2 is 1.47 bits per heavy atom. The van der Waals surface area contributed by atoms with Crippen LogP contribution in [0, 0.1) is 20.8 Å². The minimum absolute atomic E-state index is 1.23. The Hall–Kier alpha value is -1.76. The highest BCUT2D eigenvalue weighted by molar-refractivity contribution is 5.64. The molecule has 2 aromatic carbocycles. The lowest BCUT2D eigenvalue weighted by Gasteiger charge is -2.21. The molecule has 0 atom stereocenters. The monoisotopic (exact) mass is 225 g/mol. The third-order valence-corrected chi connectivity index (χ3v) is 3.27. The van der Waals surface area contributed by atoms with Gasteiger partial charge in [0.25, 0.3) is 0 Å². The Bertz CT molecular complexity index is 529. The predicted molar refractivity (Wildman–Crippen MR) is 75.2 cm³/mol. The van der Waals surface area contributed by atoms with Crippen molar-refractivity contribution < 1.29 is 0 Å². The summed E-state index contributed by atoms with van der Waals surface area (Å²) in [7, 11) is 2.11. The minimum Gasteiger partial charge on any atom is -0.345 e. The van der Waals surface area contributed by atoms with Crippen LogP contribution >= 0.6 is 0 Å². The fourth-order valence-corrected chi connectivity index (χ4v) is 1.92. The second kappa shape index (κ2) is 4.62. The first-order valence-corrected chi connectivity index (χ1v) is 5.95. The van der Waals surface area contributed by atoms with E-state index in [4.69, 9.17) is 0 Å². The Balaban J connectivity index is 2.36. The molecule has 0 aliphatic rings. The van der Waals surface area contributed by atoms with Crippen molar-refractivity contribution in [1.82, 2.24) is 0 Å². The van der Waals surface area contributed by atoms with Crippen LogP contribution in [0.25, 0.3) is 0 Å². The van der Waals surface area contributed by atoms with Crippen LogP contribution in [0.3, 0.4) is 0 Å². The summed E-state index contributed by atoms with van der Waals surface area (Å²) in [4.78, 5) is 2.22. The predicted octanol–water partition coefficient (Wildman–Crippen LogP) is 4.38. The van der Waals surface area contributed by atoms with E-state index < -0.39 is 0 Å². The summed E-state index contributed by atoms with van der Waals surface area (Å²) in [6.45, 7) is 6.42. The first-order chi connectivity index (χ1) is 8.08. The molecular weight excluding hydrogens is 206 g/mol. The van der Waals surface area contributed by atoms with Gasteiger partial charge in [-0.25, -0.2) is 0 Å². The summed E-state index contributed by atoms with van der Waals surface area (Å²) >= 11 is 0. The van der Waals surface area contributed by atoms with Gasteiger partial charge in [-0.2, -0.15) is 0 Å². The van der Waals surface area contributed by atoms with E-state index >= 15 is 0 Å². The molecule has 0 N–H and O–H groups in total. The van der Waals surface area contributed by atoms with Crippen molar-refractivity contribution in [3.05, 3.63) is 59.2 Å². The number of hydrogen-bond donors (Lipinski definition) is 0. The topological polar surface area (TPSA) is 3.24 Å². The number of benzene rings is 2. The maximum absolute atomic E-state index is 2.23. The molecule has 0 saturated carbocycles. The van der Waals surface area contributed by atoms with Crippen LogP contribution in [-0.4, -0.2) is 7.05 Å². The van der Waals surface area contributed by atoms with Gasteiger partial charge in [0.2, 0.25) is 0 Å². The van der Waals surface area contributed by atoms with Crippen LogP contribution in [-0.2, 0) is 0 Å². The summed E-state index contributed by atoms with van der Waals surface area (Å²) in [6.07, 6.45) is 0. The van der Waals surface area contributed by atoms with E-state index in [9.17, 15) is 0 Å². The summed E-state index contributed by atoms with van der Waals surface area (Å²) < 4.78 is 0. The van der Waals surface area contributed by atoms with Crippen LogP contribution in [0.1, 0.15) is 16.7 Å². The van der Waals surface area contributed by atoms with Gasteiger partial charge in [0.15, 0.2) is 0 Å². The molecule has 88 valence electrons. The molecule has 0 radical (unpaired) electrons. The van der Waals surface area contributed by atoms with Gasteiger partial charge in [-0.05, 0) is 61.7 Å². The number of anilines is 2. The molecule has 2 aromatic rings.